The number of nitrogens with one attached hydrogen (secondary N) is 1. The molecular formula is C30H25Cl2NO5S. The maximum atomic E-state index is 12.8. The predicted octanol–water partition coefficient (Wildman–Crippen LogP) is 8.14. The monoisotopic (exact) mass is 581 g/mol. The highest BCUT2D eigenvalue weighted by molar-refractivity contribution is 7.15. The van der Waals surface area contributed by atoms with Gasteiger partial charge in [0.1, 0.15) is 17.2 Å². The van der Waals surface area contributed by atoms with Gasteiger partial charge in [-0.05, 0) is 66.1 Å². The van der Waals surface area contributed by atoms with E-state index in [1.807, 2.05) is 35.7 Å². The van der Waals surface area contributed by atoms with Gasteiger partial charge in [-0.25, -0.2) is 4.79 Å². The number of amides is 1. The highest BCUT2D eigenvalue weighted by Gasteiger charge is 2.22. The van der Waals surface area contributed by atoms with E-state index < -0.39 is 11.9 Å². The second-order valence-electron chi connectivity index (χ2n) is 8.23. The van der Waals surface area contributed by atoms with Crippen molar-refractivity contribution in [3.05, 3.63) is 105 Å². The zero-order chi connectivity index (χ0) is 27.8. The molecule has 0 fully saturated rings. The Morgan fingerprint density at radius 1 is 0.949 bits per heavy atom. The maximum Gasteiger partial charge on any atom is 0.341 e. The second-order valence-corrected chi connectivity index (χ2v) is 9.98. The number of halogens is 2. The number of methoxy groups -OCH3 is 1. The molecule has 0 unspecified atom stereocenters. The Balaban J connectivity index is 1.47. The van der Waals surface area contributed by atoms with Gasteiger partial charge in [0.15, 0.2) is 11.5 Å². The molecule has 0 atom stereocenters. The van der Waals surface area contributed by atoms with Crippen LogP contribution in [0.2, 0.25) is 10.0 Å². The lowest BCUT2D eigenvalue weighted by atomic mass is 10.0. The molecule has 1 amide bonds. The summed E-state index contributed by atoms with van der Waals surface area (Å²) in [5, 5.41) is 6.26. The zero-order valence-electron chi connectivity index (χ0n) is 21.2. The number of benzene rings is 3. The van der Waals surface area contributed by atoms with E-state index in [2.05, 4.69) is 5.32 Å². The number of carbonyl (C=O) groups is 2. The summed E-state index contributed by atoms with van der Waals surface area (Å²) in [6.07, 6.45) is 3.04. The van der Waals surface area contributed by atoms with Gasteiger partial charge in [0.25, 0.3) is 0 Å². The van der Waals surface area contributed by atoms with E-state index in [4.69, 9.17) is 37.4 Å². The third-order valence-corrected chi connectivity index (χ3v) is 6.98. The van der Waals surface area contributed by atoms with Crippen LogP contribution in [-0.2, 0) is 16.1 Å². The van der Waals surface area contributed by atoms with Gasteiger partial charge in [-0.15, -0.1) is 11.3 Å². The molecule has 0 radical (unpaired) electrons. The lowest BCUT2D eigenvalue weighted by Gasteiger charge is -2.11. The first-order valence-electron chi connectivity index (χ1n) is 12.0. The number of carbonyl (C=O) groups excluding carboxylic acids is 2. The Kier molecular flexibility index (Phi) is 9.65. The highest BCUT2D eigenvalue weighted by atomic mass is 35.5. The van der Waals surface area contributed by atoms with Crippen molar-refractivity contribution in [3.8, 4) is 22.6 Å². The Bertz CT molecular complexity index is 1480. The minimum absolute atomic E-state index is 0.212. The number of ether oxygens (including phenoxy) is 3. The zero-order valence-corrected chi connectivity index (χ0v) is 23.5. The van der Waals surface area contributed by atoms with Gasteiger partial charge >= 0.3 is 5.97 Å². The Morgan fingerprint density at radius 3 is 2.31 bits per heavy atom. The molecule has 4 aromatic rings. The van der Waals surface area contributed by atoms with Gasteiger partial charge in [-0.1, -0.05) is 53.5 Å². The number of esters is 1. The van der Waals surface area contributed by atoms with E-state index in [0.717, 1.165) is 16.7 Å². The molecule has 4 rings (SSSR count). The van der Waals surface area contributed by atoms with Crippen LogP contribution in [0.25, 0.3) is 17.2 Å². The SMILES string of the molecule is CCOC(=O)c1c(-c2ccc(Cl)cc2)csc1NC(=O)/C=C/c1ccc(OCc2ccc(Cl)cc2)c(OC)c1. The molecule has 0 aliphatic carbocycles. The Hall–Kier alpha value is -3.78. The molecule has 9 heteroatoms. The normalized spacial score (nSPS) is 10.9. The van der Waals surface area contributed by atoms with Gasteiger partial charge in [0.05, 0.1) is 13.7 Å². The quantitative estimate of drug-likeness (QED) is 0.151. The molecule has 3 aromatic carbocycles. The Labute approximate surface area is 240 Å². The third kappa shape index (κ3) is 7.41. The molecule has 6 nitrogen and oxygen atoms in total. The average Bonchev–Trinajstić information content (AvgIpc) is 3.35. The predicted molar refractivity (Wildman–Crippen MR) is 157 cm³/mol. The van der Waals surface area contributed by atoms with E-state index >= 15 is 0 Å². The fraction of sp³-hybridized carbons (Fsp3) is 0.133. The smallest absolute Gasteiger partial charge is 0.341 e. The summed E-state index contributed by atoms with van der Waals surface area (Å²) in [6.45, 7) is 2.30. The molecule has 200 valence electrons. The van der Waals surface area contributed by atoms with Crippen LogP contribution in [0.15, 0.2) is 78.2 Å². The summed E-state index contributed by atoms with van der Waals surface area (Å²) < 4.78 is 16.6. The van der Waals surface area contributed by atoms with Crippen molar-refractivity contribution in [3.63, 3.8) is 0 Å². The van der Waals surface area contributed by atoms with Gasteiger partial charge in [-0.3, -0.25) is 4.79 Å². The maximum absolute atomic E-state index is 12.8. The molecule has 0 spiro atoms. The van der Waals surface area contributed by atoms with Gasteiger partial charge in [-0.2, -0.15) is 0 Å². The highest BCUT2D eigenvalue weighted by Crippen LogP contribution is 2.37. The van der Waals surface area contributed by atoms with E-state index in [1.54, 1.807) is 56.5 Å². The van der Waals surface area contributed by atoms with Crippen molar-refractivity contribution >= 4 is 57.5 Å². The van der Waals surface area contributed by atoms with Crippen molar-refractivity contribution in [2.45, 2.75) is 13.5 Å². The molecule has 0 saturated heterocycles. The Morgan fingerprint density at radius 2 is 1.64 bits per heavy atom. The summed E-state index contributed by atoms with van der Waals surface area (Å²) in [7, 11) is 1.55. The number of anilines is 1. The van der Waals surface area contributed by atoms with Crippen LogP contribution in [0.1, 0.15) is 28.4 Å². The van der Waals surface area contributed by atoms with Gasteiger partial charge in [0.2, 0.25) is 5.91 Å². The lowest BCUT2D eigenvalue weighted by molar-refractivity contribution is -0.111. The van der Waals surface area contributed by atoms with Crippen molar-refractivity contribution in [1.29, 1.82) is 0 Å². The third-order valence-electron chi connectivity index (χ3n) is 5.58. The number of thiophene rings is 1. The van der Waals surface area contributed by atoms with Gasteiger partial charge < -0.3 is 19.5 Å². The first kappa shape index (κ1) is 28.2. The number of hydrogen-bond donors (Lipinski definition) is 1. The van der Waals surface area contributed by atoms with Crippen molar-refractivity contribution < 1.29 is 23.8 Å². The van der Waals surface area contributed by atoms with Crippen molar-refractivity contribution in [2.75, 3.05) is 19.0 Å². The molecule has 39 heavy (non-hydrogen) atoms. The molecule has 0 aliphatic rings. The van der Waals surface area contributed by atoms with Crippen LogP contribution in [0.3, 0.4) is 0 Å². The van der Waals surface area contributed by atoms with Crippen LogP contribution in [-0.4, -0.2) is 25.6 Å². The first-order chi connectivity index (χ1) is 18.9. The minimum atomic E-state index is -0.512. The summed E-state index contributed by atoms with van der Waals surface area (Å²) in [5.41, 5.74) is 3.46. The molecule has 0 aliphatic heterocycles. The number of hydrogen-bond acceptors (Lipinski definition) is 6. The summed E-state index contributed by atoms with van der Waals surface area (Å²) in [5.74, 6) is 0.192. The van der Waals surface area contributed by atoms with Crippen molar-refractivity contribution in [1.82, 2.24) is 0 Å². The molecule has 1 N–H and O–H groups in total. The number of rotatable bonds is 10. The summed E-state index contributed by atoms with van der Waals surface area (Å²) in [6, 6.07) is 19.9. The second kappa shape index (κ2) is 13.3. The molecular weight excluding hydrogens is 557 g/mol. The van der Waals surface area contributed by atoms with E-state index in [-0.39, 0.29) is 6.61 Å². The van der Waals surface area contributed by atoms with Crippen LogP contribution in [0.5, 0.6) is 11.5 Å². The van der Waals surface area contributed by atoms with Crippen LogP contribution in [0.4, 0.5) is 5.00 Å². The molecule has 1 heterocycles. The van der Waals surface area contributed by atoms with Crippen LogP contribution in [0, 0.1) is 0 Å². The minimum Gasteiger partial charge on any atom is -0.493 e. The fourth-order valence-corrected chi connectivity index (χ4v) is 4.88. The van der Waals surface area contributed by atoms with E-state index in [9.17, 15) is 9.59 Å². The summed E-state index contributed by atoms with van der Waals surface area (Å²) in [4.78, 5) is 25.6. The van der Waals surface area contributed by atoms with Crippen LogP contribution < -0.4 is 14.8 Å². The molecule has 1 aromatic heterocycles. The first-order valence-corrected chi connectivity index (χ1v) is 13.6. The lowest BCUT2D eigenvalue weighted by Crippen LogP contribution is -2.12. The standard InChI is InChI=1S/C30H25Cl2NO5S/c1-3-37-30(35)28-24(21-8-12-23(32)13-9-21)18-39-29(28)33-27(34)15-7-19-6-14-25(26(16-19)36-2)38-17-20-4-10-22(31)11-5-20/h4-16,18H,3,17H2,1-2H3,(H,33,34)/b15-7+. The van der Waals surface area contributed by atoms with E-state index in [1.165, 1.54) is 17.4 Å². The molecule has 0 bridgehead atoms. The topological polar surface area (TPSA) is 73.9 Å². The van der Waals surface area contributed by atoms with E-state index in [0.29, 0.717) is 44.3 Å². The van der Waals surface area contributed by atoms with Gasteiger partial charge in [0, 0.05) is 27.1 Å². The largest absolute Gasteiger partial charge is 0.493 e. The van der Waals surface area contributed by atoms with Crippen molar-refractivity contribution in [2.24, 2.45) is 0 Å². The van der Waals surface area contributed by atoms with Crippen LogP contribution >= 0.6 is 34.5 Å². The fourth-order valence-electron chi connectivity index (χ4n) is 3.67. The average molecular weight is 583 g/mol. The summed E-state index contributed by atoms with van der Waals surface area (Å²) >= 11 is 13.2. The molecule has 0 saturated carbocycles.